The molecule has 1 aliphatic carbocycles. The molecule has 1 aliphatic rings. The molecule has 3 atom stereocenters. The van der Waals surface area contributed by atoms with Gasteiger partial charge in [-0.15, -0.1) is 0 Å². The van der Waals surface area contributed by atoms with Gasteiger partial charge >= 0.3 is 0 Å². The average Bonchev–Trinajstić information content (AvgIpc) is 2.61. The second kappa shape index (κ2) is 4.99. The van der Waals surface area contributed by atoms with E-state index in [2.05, 4.69) is 26.8 Å². The van der Waals surface area contributed by atoms with Crippen LogP contribution in [0.4, 0.5) is 0 Å². The smallest absolute Gasteiger partial charge is 0.0835 e. The molecule has 1 fully saturated rings. The Hall–Kier alpha value is -0.550. The van der Waals surface area contributed by atoms with E-state index in [-0.39, 0.29) is 0 Å². The molecule has 1 rings (SSSR count). The van der Waals surface area contributed by atoms with E-state index >= 15 is 0 Å². The third kappa shape index (κ3) is 2.72. The van der Waals surface area contributed by atoms with Gasteiger partial charge in [-0.2, -0.15) is 5.26 Å². The quantitative estimate of drug-likeness (QED) is 0.773. The zero-order valence-electron chi connectivity index (χ0n) is 10.2. The molecule has 3 unspecified atom stereocenters. The van der Waals surface area contributed by atoms with Crippen molar-refractivity contribution in [3.8, 4) is 6.07 Å². The first kappa shape index (κ1) is 12.5. The van der Waals surface area contributed by atoms with Gasteiger partial charge in [0.25, 0.3) is 0 Å². The Balaban J connectivity index is 2.66. The van der Waals surface area contributed by atoms with Crippen molar-refractivity contribution in [3.63, 3.8) is 0 Å². The number of rotatable bonds is 4. The van der Waals surface area contributed by atoms with Gasteiger partial charge in [0.1, 0.15) is 0 Å². The summed E-state index contributed by atoms with van der Waals surface area (Å²) in [7, 11) is 0. The number of aliphatic hydroxyl groups excluding tert-OH is 1. The van der Waals surface area contributed by atoms with E-state index in [4.69, 9.17) is 0 Å². The largest absolute Gasteiger partial charge is 0.391 e. The molecular formula is C13H23NO. The van der Waals surface area contributed by atoms with Gasteiger partial charge in [-0.1, -0.05) is 27.2 Å². The van der Waals surface area contributed by atoms with Crippen molar-refractivity contribution in [3.05, 3.63) is 0 Å². The van der Waals surface area contributed by atoms with Crippen molar-refractivity contribution < 1.29 is 5.11 Å². The predicted octanol–water partition coefficient (Wildman–Crippen LogP) is 3.11. The van der Waals surface area contributed by atoms with Crippen molar-refractivity contribution >= 4 is 0 Å². The second-order valence-electron chi connectivity index (χ2n) is 5.43. The topological polar surface area (TPSA) is 44.0 Å². The minimum atomic E-state index is -0.440. The lowest BCUT2D eigenvalue weighted by Crippen LogP contribution is -2.32. The second-order valence-corrected chi connectivity index (χ2v) is 5.43. The Labute approximate surface area is 93.3 Å². The molecule has 86 valence electrons. The van der Waals surface area contributed by atoms with Gasteiger partial charge in [0.2, 0.25) is 0 Å². The fourth-order valence-electron chi connectivity index (χ4n) is 2.68. The van der Waals surface area contributed by atoms with E-state index in [0.29, 0.717) is 11.8 Å². The lowest BCUT2D eigenvalue weighted by Gasteiger charge is -2.28. The SMILES string of the molecule is CCC1CCC(C#N)(C(O)CC(C)C)C1. The summed E-state index contributed by atoms with van der Waals surface area (Å²) in [5, 5.41) is 19.5. The molecule has 1 N–H and O–H groups in total. The summed E-state index contributed by atoms with van der Waals surface area (Å²) in [4.78, 5) is 0. The first-order valence-electron chi connectivity index (χ1n) is 6.13. The first-order valence-corrected chi connectivity index (χ1v) is 6.13. The van der Waals surface area contributed by atoms with Crippen LogP contribution in [0.15, 0.2) is 0 Å². The minimum Gasteiger partial charge on any atom is -0.391 e. The highest BCUT2D eigenvalue weighted by atomic mass is 16.3. The highest BCUT2D eigenvalue weighted by molar-refractivity contribution is 5.08. The van der Waals surface area contributed by atoms with Crippen LogP contribution >= 0.6 is 0 Å². The van der Waals surface area contributed by atoms with E-state index in [0.717, 1.165) is 32.1 Å². The molecule has 0 spiro atoms. The third-order valence-corrected chi connectivity index (χ3v) is 3.78. The van der Waals surface area contributed by atoms with Gasteiger partial charge in [-0.25, -0.2) is 0 Å². The summed E-state index contributed by atoms with van der Waals surface area (Å²) in [6, 6.07) is 2.40. The summed E-state index contributed by atoms with van der Waals surface area (Å²) in [5.74, 6) is 1.11. The maximum absolute atomic E-state index is 10.2. The van der Waals surface area contributed by atoms with Gasteiger partial charge < -0.3 is 5.11 Å². The Bertz CT molecular complexity index is 243. The molecule has 0 aliphatic heterocycles. The van der Waals surface area contributed by atoms with Crippen LogP contribution in [0, 0.1) is 28.6 Å². The standard InChI is InChI=1S/C13H23NO/c1-4-11-5-6-13(8-11,9-14)12(15)7-10(2)3/h10-12,15H,4-8H2,1-3H3. The van der Waals surface area contributed by atoms with Gasteiger partial charge in [-0.05, 0) is 37.5 Å². The maximum Gasteiger partial charge on any atom is 0.0835 e. The van der Waals surface area contributed by atoms with Gasteiger partial charge in [0, 0.05) is 0 Å². The first-order chi connectivity index (χ1) is 7.04. The number of hydrogen-bond donors (Lipinski definition) is 1. The summed E-state index contributed by atoms with van der Waals surface area (Å²) < 4.78 is 0. The summed E-state index contributed by atoms with van der Waals surface area (Å²) in [6.07, 6.45) is 4.35. The number of nitriles is 1. The van der Waals surface area contributed by atoms with Gasteiger partial charge in [0.05, 0.1) is 17.6 Å². The van der Waals surface area contributed by atoms with E-state index in [1.165, 1.54) is 0 Å². The lowest BCUT2D eigenvalue weighted by atomic mass is 9.77. The van der Waals surface area contributed by atoms with Crippen LogP contribution in [0.3, 0.4) is 0 Å². The van der Waals surface area contributed by atoms with Crippen molar-refractivity contribution in [2.24, 2.45) is 17.3 Å². The van der Waals surface area contributed by atoms with Crippen LogP contribution in [0.1, 0.15) is 52.9 Å². The maximum atomic E-state index is 10.2. The molecule has 0 aromatic heterocycles. The predicted molar refractivity (Wildman–Crippen MR) is 61.1 cm³/mol. The summed E-state index contributed by atoms with van der Waals surface area (Å²) in [5.41, 5.74) is -0.440. The minimum absolute atomic E-state index is 0.431. The van der Waals surface area contributed by atoms with Crippen molar-refractivity contribution in [2.45, 2.75) is 59.0 Å². The van der Waals surface area contributed by atoms with Gasteiger partial charge in [0.15, 0.2) is 0 Å². The molecule has 0 aromatic carbocycles. The fourth-order valence-corrected chi connectivity index (χ4v) is 2.68. The molecule has 2 nitrogen and oxygen atoms in total. The monoisotopic (exact) mass is 209 g/mol. The van der Waals surface area contributed by atoms with Crippen LogP contribution in [-0.4, -0.2) is 11.2 Å². The molecule has 0 aromatic rings. The van der Waals surface area contributed by atoms with Crippen LogP contribution in [0.2, 0.25) is 0 Å². The van der Waals surface area contributed by atoms with E-state index < -0.39 is 11.5 Å². The Morgan fingerprint density at radius 1 is 1.53 bits per heavy atom. The molecule has 0 bridgehead atoms. The summed E-state index contributed by atoms with van der Waals surface area (Å²) >= 11 is 0. The molecule has 0 heterocycles. The van der Waals surface area contributed by atoms with E-state index in [9.17, 15) is 10.4 Å². The Morgan fingerprint density at radius 2 is 2.20 bits per heavy atom. The fraction of sp³-hybridized carbons (Fsp3) is 0.923. The molecule has 2 heteroatoms. The van der Waals surface area contributed by atoms with Crippen LogP contribution in [-0.2, 0) is 0 Å². The molecule has 0 saturated heterocycles. The van der Waals surface area contributed by atoms with Crippen molar-refractivity contribution in [1.82, 2.24) is 0 Å². The van der Waals surface area contributed by atoms with Crippen LogP contribution in [0.25, 0.3) is 0 Å². The molecule has 0 radical (unpaired) electrons. The zero-order valence-corrected chi connectivity index (χ0v) is 10.2. The Kier molecular flexibility index (Phi) is 4.16. The lowest BCUT2D eigenvalue weighted by molar-refractivity contribution is 0.0468. The van der Waals surface area contributed by atoms with Crippen LogP contribution in [0.5, 0.6) is 0 Å². The van der Waals surface area contributed by atoms with Gasteiger partial charge in [-0.3, -0.25) is 0 Å². The molecule has 0 amide bonds. The highest BCUT2D eigenvalue weighted by Crippen LogP contribution is 2.46. The van der Waals surface area contributed by atoms with E-state index in [1.807, 2.05) is 0 Å². The number of aliphatic hydroxyl groups is 1. The highest BCUT2D eigenvalue weighted by Gasteiger charge is 2.44. The Morgan fingerprint density at radius 3 is 2.60 bits per heavy atom. The molecular weight excluding hydrogens is 186 g/mol. The molecule has 1 saturated carbocycles. The summed E-state index contributed by atoms with van der Waals surface area (Å²) in [6.45, 7) is 6.37. The normalized spacial score (nSPS) is 32.9. The zero-order chi connectivity index (χ0) is 11.5. The average molecular weight is 209 g/mol. The van der Waals surface area contributed by atoms with Crippen molar-refractivity contribution in [1.29, 1.82) is 5.26 Å². The molecule has 15 heavy (non-hydrogen) atoms. The van der Waals surface area contributed by atoms with Crippen molar-refractivity contribution in [2.75, 3.05) is 0 Å². The third-order valence-electron chi connectivity index (χ3n) is 3.78. The number of hydrogen-bond acceptors (Lipinski definition) is 2. The number of nitrogens with zero attached hydrogens (tertiary/aromatic N) is 1. The van der Waals surface area contributed by atoms with E-state index in [1.54, 1.807) is 0 Å². The van der Waals surface area contributed by atoms with Crippen LogP contribution < -0.4 is 0 Å².